The van der Waals surface area contributed by atoms with Crippen LogP contribution in [0.3, 0.4) is 0 Å². The van der Waals surface area contributed by atoms with E-state index in [0.717, 1.165) is 80.9 Å². The van der Waals surface area contributed by atoms with E-state index in [0.29, 0.717) is 77.2 Å². The van der Waals surface area contributed by atoms with Crippen molar-refractivity contribution in [3.05, 3.63) is 109 Å². The molecule has 9 aromatic heterocycles. The Hall–Kier alpha value is -9.17. The molecule has 3 N–H and O–H groups in total. The third-order valence-corrected chi connectivity index (χ3v) is 15.6. The fourth-order valence-corrected chi connectivity index (χ4v) is 10.7. The zero-order valence-electron chi connectivity index (χ0n) is 45.0. The van der Waals surface area contributed by atoms with E-state index in [-0.39, 0.29) is 37.9 Å². The lowest BCUT2D eigenvalue weighted by atomic mass is 9.74. The van der Waals surface area contributed by atoms with Crippen LogP contribution in [0, 0.1) is 67.8 Å². The van der Waals surface area contributed by atoms with E-state index in [1.54, 1.807) is 48.8 Å². The van der Waals surface area contributed by atoms with Crippen LogP contribution in [0.4, 0.5) is 39.4 Å². The molecule has 420 valence electrons. The van der Waals surface area contributed by atoms with Gasteiger partial charge in [-0.05, 0) is 138 Å². The molecule has 0 bridgehead atoms. The van der Waals surface area contributed by atoms with E-state index >= 15 is 0 Å². The number of aromatic nitrogens is 12. The summed E-state index contributed by atoms with van der Waals surface area (Å²) in [5, 5.41) is 50.8. The Balaban J connectivity index is 0.000000178. The second-order valence-corrected chi connectivity index (χ2v) is 21.8. The maximum Gasteiger partial charge on any atom is 0.418 e. The van der Waals surface area contributed by atoms with E-state index in [4.69, 9.17) is 0 Å². The number of hydrogen-bond donors (Lipinski definition) is 3. The third kappa shape index (κ3) is 11.6. The molecule has 3 fully saturated rings. The van der Waals surface area contributed by atoms with Gasteiger partial charge in [-0.3, -0.25) is 15.3 Å². The summed E-state index contributed by atoms with van der Waals surface area (Å²) in [5.74, 6) is 1.57. The number of alkyl halides is 3. The van der Waals surface area contributed by atoms with Crippen LogP contribution in [0.15, 0.2) is 91.4 Å². The molecule has 12 heterocycles. The van der Waals surface area contributed by atoms with E-state index in [9.17, 15) is 37.7 Å². The quantitative estimate of drug-likeness (QED) is 0.120. The maximum atomic E-state index is 14.6. The van der Waals surface area contributed by atoms with Gasteiger partial charge in [0.15, 0.2) is 28.6 Å². The topological polar surface area (TPSA) is 244 Å². The molecular weight excluding hydrogens is 1040 g/mol. The number of fused-ring (bicyclic) bond motifs is 3. The number of pyridine rings is 6. The van der Waals surface area contributed by atoms with Crippen molar-refractivity contribution in [1.82, 2.24) is 60.5 Å². The number of H-pyrrole nitrogens is 3. The second-order valence-electron chi connectivity index (χ2n) is 21.8. The molecule has 9 aromatic rings. The van der Waals surface area contributed by atoms with Crippen LogP contribution in [0.25, 0.3) is 67.3 Å². The molecule has 0 aromatic carbocycles. The fraction of sp³-hybridized carbons (Fsp3) is 0.379. The van der Waals surface area contributed by atoms with Crippen molar-refractivity contribution in [2.45, 2.75) is 78.8 Å². The number of halogens is 5. The molecule has 0 spiro atoms. The average Bonchev–Trinajstić information content (AvgIpc) is 4.34. The minimum atomic E-state index is -4.55. The Morgan fingerprint density at radius 3 is 1.25 bits per heavy atom. The van der Waals surface area contributed by atoms with Crippen LogP contribution in [0.1, 0.15) is 82.5 Å². The van der Waals surface area contributed by atoms with Crippen LogP contribution in [-0.4, -0.2) is 99.8 Å². The first-order valence-electron chi connectivity index (χ1n) is 26.7. The molecule has 3 aliphatic rings. The summed E-state index contributed by atoms with van der Waals surface area (Å²) < 4.78 is 69.8. The average molecular weight is 1110 g/mol. The van der Waals surface area contributed by atoms with Crippen molar-refractivity contribution in [2.75, 3.05) is 54.0 Å². The van der Waals surface area contributed by atoms with Crippen molar-refractivity contribution in [1.29, 1.82) is 15.8 Å². The van der Waals surface area contributed by atoms with Gasteiger partial charge in [-0.1, -0.05) is 13.8 Å². The zero-order valence-corrected chi connectivity index (χ0v) is 45.0. The Bertz CT molecular complexity index is 3860. The summed E-state index contributed by atoms with van der Waals surface area (Å²) in [4.78, 5) is 32.0. The number of rotatable bonds is 8. The molecular formula is C58H63F5N18. The van der Waals surface area contributed by atoms with Crippen molar-refractivity contribution in [3.8, 4) is 52.4 Å². The third-order valence-electron chi connectivity index (χ3n) is 15.6. The van der Waals surface area contributed by atoms with Gasteiger partial charge in [0, 0.05) is 78.3 Å². The molecule has 0 saturated carbocycles. The first-order chi connectivity index (χ1) is 38.9. The van der Waals surface area contributed by atoms with Gasteiger partial charge in [0.05, 0.1) is 57.1 Å². The van der Waals surface area contributed by atoms with E-state index < -0.39 is 28.8 Å². The van der Waals surface area contributed by atoms with Crippen molar-refractivity contribution in [2.24, 2.45) is 22.2 Å². The van der Waals surface area contributed by atoms with Gasteiger partial charge >= 0.3 is 6.18 Å². The molecule has 0 unspecified atom stereocenters. The van der Waals surface area contributed by atoms with Crippen molar-refractivity contribution < 1.29 is 26.2 Å². The van der Waals surface area contributed by atoms with Gasteiger partial charge < -0.3 is 14.7 Å². The highest BCUT2D eigenvalue weighted by molar-refractivity contribution is 5.92. The van der Waals surface area contributed by atoms with E-state index in [1.807, 2.05) is 30.9 Å². The van der Waals surface area contributed by atoms with Gasteiger partial charge in [-0.25, -0.2) is 38.7 Å². The number of piperidine rings is 3. The minimum Gasteiger partial charge on any atom is -0.356 e. The van der Waals surface area contributed by atoms with Gasteiger partial charge in [-0.2, -0.15) is 44.3 Å². The molecule has 18 nitrogen and oxygen atoms in total. The van der Waals surface area contributed by atoms with Crippen LogP contribution < -0.4 is 14.7 Å². The number of hydrogen-bond acceptors (Lipinski definition) is 15. The van der Waals surface area contributed by atoms with Gasteiger partial charge in [0.1, 0.15) is 34.5 Å². The summed E-state index contributed by atoms with van der Waals surface area (Å²) >= 11 is 0. The number of nitriles is 3. The van der Waals surface area contributed by atoms with Crippen LogP contribution in [0.5, 0.6) is 0 Å². The molecule has 0 aliphatic carbocycles. The molecule has 81 heavy (non-hydrogen) atoms. The molecule has 0 atom stereocenters. The first-order valence-corrected chi connectivity index (χ1v) is 26.7. The molecule has 0 radical (unpaired) electrons. The summed E-state index contributed by atoms with van der Waals surface area (Å²) in [6.07, 6.45) is 5.60. The van der Waals surface area contributed by atoms with Gasteiger partial charge in [-0.15, -0.1) is 0 Å². The maximum absolute atomic E-state index is 14.6. The highest BCUT2D eigenvalue weighted by atomic mass is 19.4. The lowest BCUT2D eigenvalue weighted by molar-refractivity contribution is -0.137. The Morgan fingerprint density at radius 2 is 0.889 bits per heavy atom. The predicted molar refractivity (Wildman–Crippen MR) is 302 cm³/mol. The lowest BCUT2D eigenvalue weighted by Crippen LogP contribution is -2.40. The van der Waals surface area contributed by atoms with Crippen LogP contribution in [0.2, 0.25) is 0 Å². The first kappa shape index (κ1) is 55.2. The standard InChI is InChI=1S/C21H23FN6.C19H17F3N6.C18H17FN6.3H2/c1-14(2)12-21(13-23)7-10-28(11-8-21)17-6-5-16(22)19(25-17)18-15-4-3-9-24-20(15)27-26-18;1-18(11-23)6-9-28(10-7-18)14-5-4-13(19(20,21)22)16(25-14)15-12-3-2-8-24-17(12)27-26-15;1-18(11-20)6-9-25(10-7-18)14-5-4-13(19)16(22-14)15-12-3-2-8-21-17(12)24-23-15;;;/h3-6,9,14H,7-8,10-12H2,1-2H3,(H,24,26,27);2-5,8H,6-7,9-10H2,1H3,(H,24,26,27);2-5,8H,6-7,9-10H2,1H3,(H,21,23,24);3*1H. The zero-order chi connectivity index (χ0) is 57.1. The smallest absolute Gasteiger partial charge is 0.356 e. The summed E-state index contributed by atoms with van der Waals surface area (Å²) in [5.41, 5.74) is 1.15. The van der Waals surface area contributed by atoms with Crippen molar-refractivity contribution in [3.63, 3.8) is 0 Å². The molecule has 0 amide bonds. The van der Waals surface area contributed by atoms with E-state index in [1.165, 1.54) is 24.4 Å². The monoisotopic (exact) mass is 1110 g/mol. The Morgan fingerprint density at radius 1 is 0.531 bits per heavy atom. The summed E-state index contributed by atoms with van der Waals surface area (Å²) in [6, 6.07) is 26.6. The Labute approximate surface area is 467 Å². The molecule has 23 heteroatoms. The number of anilines is 3. The second kappa shape index (κ2) is 22.5. The predicted octanol–water partition coefficient (Wildman–Crippen LogP) is 12.5. The summed E-state index contributed by atoms with van der Waals surface area (Å²) in [6.45, 7) is 12.3. The fourth-order valence-electron chi connectivity index (χ4n) is 10.7. The minimum absolute atomic E-state index is 0. The van der Waals surface area contributed by atoms with Crippen molar-refractivity contribution >= 4 is 50.6 Å². The van der Waals surface area contributed by atoms with Crippen LogP contribution >= 0.6 is 0 Å². The van der Waals surface area contributed by atoms with E-state index in [2.05, 4.69) is 102 Å². The van der Waals surface area contributed by atoms with Gasteiger partial charge in [0.25, 0.3) is 0 Å². The van der Waals surface area contributed by atoms with Crippen LogP contribution in [-0.2, 0) is 6.18 Å². The number of nitrogens with zero attached hydrogens (tertiary/aromatic N) is 15. The Kier molecular flexibility index (Phi) is 15.3. The SMILES string of the molecule is CC(C)CC1(C#N)CCN(c2ccc(F)c(-c3[nH]nc4ncccc34)n2)CC1.CC1(C#N)CCN(c2ccc(C(F)(F)F)c(-c3[nH]nc4ncccc34)n2)CC1.CC1(C#N)CCN(c2ccc(F)c(-c3[nH]nc4ncccc34)n2)CC1.[HH].[HH].[HH]. The highest BCUT2D eigenvalue weighted by Gasteiger charge is 2.38. The molecule has 3 saturated heterocycles. The molecule has 3 aliphatic heterocycles. The number of aromatic amines is 3. The molecule has 12 rings (SSSR count). The normalized spacial score (nSPS) is 16.7. The van der Waals surface area contributed by atoms with Gasteiger partial charge in [0.2, 0.25) is 0 Å². The lowest BCUT2D eigenvalue weighted by Gasteiger charge is -2.38. The number of nitrogens with one attached hydrogen (secondary N) is 3. The summed E-state index contributed by atoms with van der Waals surface area (Å²) in [7, 11) is 0. The largest absolute Gasteiger partial charge is 0.418 e. The highest BCUT2D eigenvalue weighted by Crippen LogP contribution is 2.42.